The molecule has 0 bridgehead atoms. The fourth-order valence-corrected chi connectivity index (χ4v) is 2.95. The summed E-state index contributed by atoms with van der Waals surface area (Å²) < 4.78 is 37.4. The summed E-state index contributed by atoms with van der Waals surface area (Å²) in [4.78, 5) is 0.229. The zero-order valence-electron chi connectivity index (χ0n) is 9.89. The van der Waals surface area contributed by atoms with E-state index >= 15 is 0 Å². The summed E-state index contributed by atoms with van der Waals surface area (Å²) in [5.41, 5.74) is 0. The Balaban J connectivity index is 1.81. The molecule has 5 nitrogen and oxygen atoms in total. The minimum absolute atomic E-state index is 0.229. The van der Waals surface area contributed by atoms with E-state index in [1.807, 2.05) is 0 Å². The van der Waals surface area contributed by atoms with E-state index < -0.39 is 10.0 Å². The van der Waals surface area contributed by atoms with E-state index in [2.05, 4.69) is 4.72 Å². The molecule has 3 rings (SSSR count). The molecule has 1 aromatic rings. The number of nitrogens with one attached hydrogen (secondary N) is 1. The van der Waals surface area contributed by atoms with E-state index in [1.54, 1.807) is 12.1 Å². The van der Waals surface area contributed by atoms with E-state index in [9.17, 15) is 8.42 Å². The van der Waals surface area contributed by atoms with Crippen molar-refractivity contribution in [3.63, 3.8) is 0 Å². The van der Waals surface area contributed by atoms with Crippen LogP contribution in [0.3, 0.4) is 0 Å². The van der Waals surface area contributed by atoms with E-state index in [0.717, 1.165) is 12.8 Å². The number of sulfonamides is 1. The lowest BCUT2D eigenvalue weighted by Crippen LogP contribution is -2.26. The van der Waals surface area contributed by atoms with Crippen molar-refractivity contribution in [2.24, 2.45) is 5.92 Å². The quantitative estimate of drug-likeness (QED) is 0.890. The van der Waals surface area contributed by atoms with E-state index in [0.29, 0.717) is 37.2 Å². The minimum Gasteiger partial charge on any atom is -0.486 e. The third kappa shape index (κ3) is 2.44. The first-order valence-electron chi connectivity index (χ1n) is 6.04. The Labute approximate surface area is 106 Å². The maximum absolute atomic E-state index is 12.0. The number of ether oxygens (including phenoxy) is 2. The monoisotopic (exact) mass is 269 g/mol. The lowest BCUT2D eigenvalue weighted by Gasteiger charge is -2.18. The van der Waals surface area contributed by atoms with Crippen LogP contribution in [0.25, 0.3) is 0 Å². The van der Waals surface area contributed by atoms with Crippen LogP contribution in [0.5, 0.6) is 11.5 Å². The highest BCUT2D eigenvalue weighted by Crippen LogP contribution is 2.32. The van der Waals surface area contributed by atoms with Crippen molar-refractivity contribution < 1.29 is 17.9 Å². The highest BCUT2D eigenvalue weighted by Gasteiger charge is 2.25. The van der Waals surface area contributed by atoms with E-state index in [-0.39, 0.29) is 4.90 Å². The normalized spacial score (nSPS) is 18.7. The summed E-state index contributed by atoms with van der Waals surface area (Å²) in [5.74, 6) is 1.61. The molecule has 0 radical (unpaired) electrons. The molecule has 0 saturated heterocycles. The molecule has 0 unspecified atom stereocenters. The zero-order valence-corrected chi connectivity index (χ0v) is 10.7. The van der Waals surface area contributed by atoms with Gasteiger partial charge in [-0.25, -0.2) is 13.1 Å². The first-order valence-corrected chi connectivity index (χ1v) is 7.53. The SMILES string of the molecule is O=S(=O)(NCC1CC1)c1ccc2c(c1)OCCO2. The Hall–Kier alpha value is -1.27. The number of fused-ring (bicyclic) bond motifs is 1. The average molecular weight is 269 g/mol. The van der Waals surface area contributed by atoms with Gasteiger partial charge in [0, 0.05) is 12.6 Å². The molecule has 98 valence electrons. The second-order valence-electron chi connectivity index (χ2n) is 4.60. The fourth-order valence-electron chi connectivity index (χ4n) is 1.82. The fraction of sp³-hybridized carbons (Fsp3) is 0.500. The standard InChI is InChI=1S/C12H15NO4S/c14-18(15,13-8-9-1-2-9)10-3-4-11-12(7-10)17-6-5-16-11/h3-4,7,9,13H,1-2,5-6,8H2. The molecule has 1 saturated carbocycles. The van der Waals surface area contributed by atoms with Gasteiger partial charge in [0.25, 0.3) is 0 Å². The maximum Gasteiger partial charge on any atom is 0.240 e. The Morgan fingerprint density at radius 3 is 2.61 bits per heavy atom. The summed E-state index contributed by atoms with van der Waals surface area (Å²) >= 11 is 0. The van der Waals surface area contributed by atoms with Crippen LogP contribution in [-0.4, -0.2) is 28.2 Å². The highest BCUT2D eigenvalue weighted by atomic mass is 32.2. The lowest BCUT2D eigenvalue weighted by molar-refractivity contribution is 0.171. The molecule has 2 aliphatic rings. The summed E-state index contributed by atoms with van der Waals surface area (Å²) in [7, 11) is -3.43. The van der Waals surface area contributed by atoms with Crippen molar-refractivity contribution >= 4 is 10.0 Å². The number of hydrogen-bond acceptors (Lipinski definition) is 4. The average Bonchev–Trinajstić information content (AvgIpc) is 3.20. The molecule has 0 spiro atoms. The lowest BCUT2D eigenvalue weighted by atomic mass is 10.3. The van der Waals surface area contributed by atoms with Crippen molar-refractivity contribution in [2.75, 3.05) is 19.8 Å². The number of hydrogen-bond donors (Lipinski definition) is 1. The van der Waals surface area contributed by atoms with Gasteiger partial charge in [-0.1, -0.05) is 0 Å². The topological polar surface area (TPSA) is 64.6 Å². The van der Waals surface area contributed by atoms with Crippen LogP contribution in [0.4, 0.5) is 0 Å². The first-order chi connectivity index (χ1) is 8.65. The minimum atomic E-state index is -3.43. The van der Waals surface area contributed by atoms with Gasteiger partial charge >= 0.3 is 0 Å². The van der Waals surface area contributed by atoms with Gasteiger partial charge in [-0.05, 0) is 30.9 Å². The van der Waals surface area contributed by atoms with Crippen LogP contribution in [0.15, 0.2) is 23.1 Å². The van der Waals surface area contributed by atoms with Crippen LogP contribution >= 0.6 is 0 Å². The second-order valence-corrected chi connectivity index (χ2v) is 6.37. The molecule has 18 heavy (non-hydrogen) atoms. The molecule has 1 fully saturated rings. The van der Waals surface area contributed by atoms with Crippen LogP contribution in [0, 0.1) is 5.92 Å². The van der Waals surface area contributed by atoms with Gasteiger partial charge in [-0.2, -0.15) is 0 Å². The highest BCUT2D eigenvalue weighted by molar-refractivity contribution is 7.89. The predicted octanol–water partition coefficient (Wildman–Crippen LogP) is 1.15. The molecule has 0 atom stereocenters. The van der Waals surface area contributed by atoms with Gasteiger partial charge in [0.1, 0.15) is 13.2 Å². The Bertz CT molecular complexity index is 551. The summed E-state index contributed by atoms with van der Waals surface area (Å²) in [6.07, 6.45) is 2.23. The third-order valence-corrected chi connectivity index (χ3v) is 4.50. The van der Waals surface area contributed by atoms with Crippen molar-refractivity contribution in [3.05, 3.63) is 18.2 Å². The van der Waals surface area contributed by atoms with Gasteiger partial charge < -0.3 is 9.47 Å². The molecule has 1 aromatic carbocycles. The largest absolute Gasteiger partial charge is 0.486 e. The molecule has 1 heterocycles. The molecule has 0 aromatic heterocycles. The smallest absolute Gasteiger partial charge is 0.240 e. The maximum atomic E-state index is 12.0. The summed E-state index contributed by atoms with van der Waals surface area (Å²) in [5, 5.41) is 0. The van der Waals surface area contributed by atoms with Gasteiger partial charge in [0.15, 0.2) is 11.5 Å². The van der Waals surface area contributed by atoms with Crippen molar-refractivity contribution in [2.45, 2.75) is 17.7 Å². The summed E-state index contributed by atoms with van der Waals surface area (Å²) in [6.45, 7) is 1.47. The Morgan fingerprint density at radius 2 is 1.89 bits per heavy atom. The number of rotatable bonds is 4. The first kappa shape index (κ1) is 11.8. The van der Waals surface area contributed by atoms with Crippen molar-refractivity contribution in [1.29, 1.82) is 0 Å². The molecule has 1 N–H and O–H groups in total. The molecular weight excluding hydrogens is 254 g/mol. The molecular formula is C12H15NO4S. The Morgan fingerprint density at radius 1 is 1.17 bits per heavy atom. The second kappa shape index (κ2) is 4.44. The van der Waals surface area contributed by atoms with Crippen LogP contribution in [0.1, 0.15) is 12.8 Å². The van der Waals surface area contributed by atoms with E-state index in [1.165, 1.54) is 6.07 Å². The third-order valence-electron chi connectivity index (χ3n) is 3.08. The van der Waals surface area contributed by atoms with Gasteiger partial charge in [-0.15, -0.1) is 0 Å². The van der Waals surface area contributed by atoms with Crippen molar-refractivity contribution in [1.82, 2.24) is 4.72 Å². The number of benzene rings is 1. The molecule has 1 aliphatic heterocycles. The van der Waals surface area contributed by atoms with Gasteiger partial charge in [0.05, 0.1) is 4.90 Å². The summed E-state index contributed by atoms with van der Waals surface area (Å²) in [6, 6.07) is 4.70. The molecule has 1 aliphatic carbocycles. The molecule has 0 amide bonds. The Kier molecular flexibility index (Phi) is 2.91. The zero-order chi connectivity index (χ0) is 12.6. The van der Waals surface area contributed by atoms with Crippen LogP contribution in [0.2, 0.25) is 0 Å². The molecule has 6 heteroatoms. The van der Waals surface area contributed by atoms with Gasteiger partial charge in [-0.3, -0.25) is 0 Å². The van der Waals surface area contributed by atoms with E-state index in [4.69, 9.17) is 9.47 Å². The van der Waals surface area contributed by atoms with Crippen LogP contribution in [-0.2, 0) is 10.0 Å². The van der Waals surface area contributed by atoms with Crippen LogP contribution < -0.4 is 14.2 Å². The van der Waals surface area contributed by atoms with Gasteiger partial charge in [0.2, 0.25) is 10.0 Å². The predicted molar refractivity (Wildman–Crippen MR) is 65.3 cm³/mol. The van der Waals surface area contributed by atoms with Crippen molar-refractivity contribution in [3.8, 4) is 11.5 Å².